The third-order valence-corrected chi connectivity index (χ3v) is 3.42. The molecule has 5 heteroatoms. The number of Topliss-reactive ketones (excluding diaryl/α,β-unsaturated/α-hetero) is 1. The number of methoxy groups -OCH3 is 1. The minimum Gasteiger partial charge on any atom is -0.496 e. The number of carbonyl (C=O) groups is 1. The molecule has 0 radical (unpaired) electrons. The van der Waals surface area contributed by atoms with Crippen molar-refractivity contribution in [3.63, 3.8) is 0 Å². The zero-order chi connectivity index (χ0) is 15.4. The van der Waals surface area contributed by atoms with Crippen LogP contribution in [0.25, 0.3) is 0 Å². The Morgan fingerprint density at radius 1 is 1.19 bits per heavy atom. The van der Waals surface area contributed by atoms with Gasteiger partial charge in [0.2, 0.25) is 0 Å². The summed E-state index contributed by atoms with van der Waals surface area (Å²) < 4.78 is 5.21. The molecule has 3 nitrogen and oxygen atoms in total. The largest absolute Gasteiger partial charge is 0.496 e. The van der Waals surface area contributed by atoms with Gasteiger partial charge in [0.15, 0.2) is 5.78 Å². The highest BCUT2D eigenvalue weighted by molar-refractivity contribution is 6.35. The Balaban J connectivity index is 2.46. The van der Waals surface area contributed by atoms with Crippen molar-refractivity contribution in [1.29, 1.82) is 5.26 Å². The van der Waals surface area contributed by atoms with E-state index < -0.39 is 5.92 Å². The monoisotopic (exact) mass is 319 g/mol. The standard InChI is InChI=1S/C16H11Cl2NO2/c1-21-15-5-3-2-4-13(15)14(9-19)16(20)10-6-11(17)8-12(18)7-10/h2-8,14H,1H3. The highest BCUT2D eigenvalue weighted by Crippen LogP contribution is 2.30. The summed E-state index contributed by atoms with van der Waals surface area (Å²) in [6.45, 7) is 0. The van der Waals surface area contributed by atoms with Gasteiger partial charge in [0.05, 0.1) is 13.2 Å². The minimum atomic E-state index is -0.976. The number of nitriles is 1. The lowest BCUT2D eigenvalue weighted by atomic mass is 9.91. The van der Waals surface area contributed by atoms with Crippen LogP contribution in [0.5, 0.6) is 5.75 Å². The Kier molecular flexibility index (Phi) is 4.85. The molecule has 0 N–H and O–H groups in total. The number of carbonyl (C=O) groups excluding carboxylic acids is 1. The molecule has 21 heavy (non-hydrogen) atoms. The Morgan fingerprint density at radius 2 is 1.81 bits per heavy atom. The van der Waals surface area contributed by atoms with E-state index in [2.05, 4.69) is 0 Å². The van der Waals surface area contributed by atoms with Crippen molar-refractivity contribution in [3.8, 4) is 11.8 Å². The van der Waals surface area contributed by atoms with Crippen LogP contribution in [0.1, 0.15) is 21.8 Å². The first-order valence-corrected chi connectivity index (χ1v) is 6.85. The average Bonchev–Trinajstić information content (AvgIpc) is 2.47. The van der Waals surface area contributed by atoms with Crippen LogP contribution >= 0.6 is 23.2 Å². The van der Waals surface area contributed by atoms with E-state index in [1.807, 2.05) is 6.07 Å². The molecule has 1 unspecified atom stereocenters. The summed E-state index contributed by atoms with van der Waals surface area (Å²) in [7, 11) is 1.49. The van der Waals surface area contributed by atoms with Gasteiger partial charge >= 0.3 is 0 Å². The number of ketones is 1. The average molecular weight is 320 g/mol. The van der Waals surface area contributed by atoms with Gasteiger partial charge in [-0.2, -0.15) is 5.26 Å². The van der Waals surface area contributed by atoms with Crippen molar-refractivity contribution in [2.75, 3.05) is 7.11 Å². The van der Waals surface area contributed by atoms with Crippen LogP contribution in [0, 0.1) is 11.3 Å². The number of hydrogen-bond donors (Lipinski definition) is 0. The van der Waals surface area contributed by atoms with Crippen molar-refractivity contribution in [2.24, 2.45) is 0 Å². The lowest BCUT2D eigenvalue weighted by molar-refractivity contribution is 0.0978. The summed E-state index contributed by atoms with van der Waals surface area (Å²) in [5.74, 6) is -0.854. The first-order chi connectivity index (χ1) is 10.1. The van der Waals surface area contributed by atoms with E-state index in [9.17, 15) is 10.1 Å². The molecule has 2 aromatic rings. The van der Waals surface area contributed by atoms with Gasteiger partial charge in [-0.1, -0.05) is 41.4 Å². The van der Waals surface area contributed by atoms with Gasteiger partial charge in [-0.05, 0) is 24.3 Å². The van der Waals surface area contributed by atoms with Crippen LogP contribution in [0.2, 0.25) is 10.0 Å². The number of ether oxygens (including phenoxy) is 1. The van der Waals surface area contributed by atoms with Gasteiger partial charge in [0.1, 0.15) is 11.7 Å². The fourth-order valence-electron chi connectivity index (χ4n) is 2.04. The van der Waals surface area contributed by atoms with E-state index in [0.29, 0.717) is 26.9 Å². The highest BCUT2D eigenvalue weighted by atomic mass is 35.5. The third-order valence-electron chi connectivity index (χ3n) is 2.99. The molecule has 0 saturated carbocycles. The van der Waals surface area contributed by atoms with Crippen molar-refractivity contribution in [3.05, 3.63) is 63.6 Å². The van der Waals surface area contributed by atoms with Gasteiger partial charge in [-0.25, -0.2) is 0 Å². The minimum absolute atomic E-state index is 0.296. The summed E-state index contributed by atoms with van der Waals surface area (Å²) in [4.78, 5) is 12.6. The molecule has 0 aliphatic heterocycles. The summed E-state index contributed by atoms with van der Waals surface area (Å²) in [5.41, 5.74) is 0.813. The van der Waals surface area contributed by atoms with Crippen molar-refractivity contribution in [2.45, 2.75) is 5.92 Å². The summed E-state index contributed by atoms with van der Waals surface area (Å²) in [6.07, 6.45) is 0. The molecule has 0 saturated heterocycles. The Morgan fingerprint density at radius 3 is 2.38 bits per heavy atom. The second-order valence-corrected chi connectivity index (χ2v) is 5.20. The van der Waals surface area contributed by atoms with Crippen LogP contribution in [-0.2, 0) is 0 Å². The molecule has 0 aromatic heterocycles. The first-order valence-electron chi connectivity index (χ1n) is 6.09. The zero-order valence-corrected chi connectivity index (χ0v) is 12.7. The number of halogens is 2. The van der Waals surface area contributed by atoms with E-state index >= 15 is 0 Å². The fraction of sp³-hybridized carbons (Fsp3) is 0.125. The number of nitrogens with zero attached hydrogens (tertiary/aromatic N) is 1. The molecule has 106 valence electrons. The predicted octanol–water partition coefficient (Wildman–Crippen LogP) is 4.49. The zero-order valence-electron chi connectivity index (χ0n) is 11.1. The highest BCUT2D eigenvalue weighted by Gasteiger charge is 2.25. The normalized spacial score (nSPS) is 11.5. The predicted molar refractivity (Wildman–Crippen MR) is 82.1 cm³/mol. The molecule has 0 aliphatic rings. The Hall–Kier alpha value is -2.02. The molecule has 0 aliphatic carbocycles. The molecular weight excluding hydrogens is 309 g/mol. The molecule has 2 rings (SSSR count). The summed E-state index contributed by atoms with van der Waals surface area (Å²) >= 11 is 11.8. The third kappa shape index (κ3) is 3.36. The quantitative estimate of drug-likeness (QED) is 0.780. The van der Waals surface area contributed by atoms with E-state index in [1.54, 1.807) is 24.3 Å². The molecule has 0 amide bonds. The molecular formula is C16H11Cl2NO2. The maximum absolute atomic E-state index is 12.6. The van der Waals surface area contributed by atoms with Crippen molar-refractivity contribution in [1.82, 2.24) is 0 Å². The Bertz CT molecular complexity index is 702. The van der Waals surface area contributed by atoms with Crippen molar-refractivity contribution >= 4 is 29.0 Å². The second kappa shape index (κ2) is 6.62. The van der Waals surface area contributed by atoms with Gasteiger partial charge in [-0.15, -0.1) is 0 Å². The second-order valence-electron chi connectivity index (χ2n) is 4.33. The van der Waals surface area contributed by atoms with Crippen LogP contribution in [-0.4, -0.2) is 12.9 Å². The van der Waals surface area contributed by atoms with Crippen LogP contribution in [0.3, 0.4) is 0 Å². The Labute approximate surface area is 132 Å². The first kappa shape index (κ1) is 15.4. The van der Waals surface area contributed by atoms with E-state index in [4.69, 9.17) is 27.9 Å². The van der Waals surface area contributed by atoms with Crippen molar-refractivity contribution < 1.29 is 9.53 Å². The molecule has 0 heterocycles. The van der Waals surface area contributed by atoms with Gasteiger partial charge in [0, 0.05) is 21.2 Å². The lowest BCUT2D eigenvalue weighted by Crippen LogP contribution is -2.12. The number of benzene rings is 2. The smallest absolute Gasteiger partial charge is 0.184 e. The van der Waals surface area contributed by atoms with Crippen LogP contribution in [0.4, 0.5) is 0 Å². The maximum atomic E-state index is 12.6. The van der Waals surface area contributed by atoms with E-state index in [-0.39, 0.29) is 5.78 Å². The van der Waals surface area contributed by atoms with Crippen LogP contribution in [0.15, 0.2) is 42.5 Å². The number of hydrogen-bond acceptors (Lipinski definition) is 3. The lowest BCUT2D eigenvalue weighted by Gasteiger charge is -2.13. The molecule has 0 fully saturated rings. The fourth-order valence-corrected chi connectivity index (χ4v) is 2.56. The molecule has 1 atom stereocenters. The summed E-state index contributed by atoms with van der Waals surface area (Å²) in [5, 5.41) is 10.1. The maximum Gasteiger partial charge on any atom is 0.184 e. The number of rotatable bonds is 4. The number of para-hydroxylation sites is 1. The van der Waals surface area contributed by atoms with Gasteiger partial charge in [-0.3, -0.25) is 4.79 Å². The SMILES string of the molecule is COc1ccccc1C(C#N)C(=O)c1cc(Cl)cc(Cl)c1. The molecule has 2 aromatic carbocycles. The topological polar surface area (TPSA) is 50.1 Å². The van der Waals surface area contributed by atoms with E-state index in [0.717, 1.165) is 0 Å². The van der Waals surface area contributed by atoms with E-state index in [1.165, 1.54) is 25.3 Å². The van der Waals surface area contributed by atoms with Crippen LogP contribution < -0.4 is 4.74 Å². The molecule has 0 spiro atoms. The molecule has 0 bridgehead atoms. The van der Waals surface area contributed by atoms with Gasteiger partial charge in [0.25, 0.3) is 0 Å². The summed E-state index contributed by atoms with van der Waals surface area (Å²) in [6, 6.07) is 13.5. The van der Waals surface area contributed by atoms with Gasteiger partial charge < -0.3 is 4.74 Å².